The van der Waals surface area contributed by atoms with Crippen LogP contribution in [0.25, 0.3) is 10.9 Å². The quantitative estimate of drug-likeness (QED) is 0.651. The van der Waals surface area contributed by atoms with Crippen LogP contribution in [0.5, 0.6) is 0 Å². The molecule has 0 aliphatic carbocycles. The van der Waals surface area contributed by atoms with Gasteiger partial charge in [0.2, 0.25) is 0 Å². The summed E-state index contributed by atoms with van der Waals surface area (Å²) in [5, 5.41) is 4.29. The van der Waals surface area contributed by atoms with Crippen molar-refractivity contribution in [2.24, 2.45) is 0 Å². The van der Waals surface area contributed by atoms with Gasteiger partial charge in [0.1, 0.15) is 5.82 Å². The molecule has 110 valence electrons. The number of nitrogens with zero attached hydrogens (tertiary/aromatic N) is 2. The van der Waals surface area contributed by atoms with E-state index in [1.54, 1.807) is 12.1 Å². The van der Waals surface area contributed by atoms with Crippen LogP contribution in [0.4, 0.5) is 0 Å². The molecule has 0 unspecified atom stereocenters. The lowest BCUT2D eigenvalue weighted by molar-refractivity contribution is 0.417. The molecule has 0 amide bonds. The molecule has 0 bridgehead atoms. The smallest absolute Gasteiger partial charge is 0.258 e. The highest BCUT2D eigenvalue weighted by molar-refractivity contribution is 7.80. The van der Waals surface area contributed by atoms with Crippen LogP contribution >= 0.6 is 12.2 Å². The maximum Gasteiger partial charge on any atom is 0.258 e. The van der Waals surface area contributed by atoms with Crippen molar-refractivity contribution in [1.29, 1.82) is 0 Å². The summed E-state index contributed by atoms with van der Waals surface area (Å²) in [6.07, 6.45) is 1.75. The molecule has 0 aliphatic rings. The zero-order chi connectivity index (χ0) is 15.2. The number of thiocarbonyl (C=S) groups is 1. The van der Waals surface area contributed by atoms with Gasteiger partial charge < -0.3 is 15.2 Å². The summed E-state index contributed by atoms with van der Waals surface area (Å²) >= 11 is 5.32. The van der Waals surface area contributed by atoms with E-state index in [9.17, 15) is 4.79 Å². The lowest BCUT2D eigenvalue weighted by atomic mass is 10.2. The number of benzene rings is 1. The predicted molar refractivity (Wildman–Crippen MR) is 89.2 cm³/mol. The zero-order valence-electron chi connectivity index (χ0n) is 11.9. The maximum atomic E-state index is 12.0. The van der Waals surface area contributed by atoms with E-state index in [1.807, 2.05) is 30.0 Å². The highest BCUT2D eigenvalue weighted by Crippen LogP contribution is 2.07. The van der Waals surface area contributed by atoms with Gasteiger partial charge in [-0.3, -0.25) is 4.79 Å². The van der Waals surface area contributed by atoms with Crippen LogP contribution in [0.3, 0.4) is 0 Å². The molecule has 2 aromatic rings. The minimum Gasteiger partial charge on any atom is -0.359 e. The van der Waals surface area contributed by atoms with Crippen molar-refractivity contribution in [1.82, 2.24) is 20.2 Å². The van der Waals surface area contributed by atoms with Gasteiger partial charge in [0.05, 0.1) is 17.4 Å². The first kappa shape index (κ1) is 15.2. The fraction of sp³-hybridized carbons (Fsp3) is 0.267. The van der Waals surface area contributed by atoms with Crippen molar-refractivity contribution in [2.45, 2.75) is 13.5 Å². The molecular weight excluding hydrogens is 284 g/mol. The fourth-order valence-electron chi connectivity index (χ4n) is 1.99. The second kappa shape index (κ2) is 6.99. The summed E-state index contributed by atoms with van der Waals surface area (Å²) in [7, 11) is 0. The number of nitrogens with one attached hydrogen (secondary N) is 2. The molecule has 0 atom stereocenters. The molecule has 2 rings (SSSR count). The minimum atomic E-state index is -0.128. The van der Waals surface area contributed by atoms with Gasteiger partial charge in [-0.2, -0.15) is 0 Å². The van der Waals surface area contributed by atoms with Crippen molar-refractivity contribution in [2.75, 3.05) is 13.1 Å². The summed E-state index contributed by atoms with van der Waals surface area (Å²) in [5.74, 6) is 0.600. The van der Waals surface area contributed by atoms with Crippen LogP contribution < -0.4 is 10.9 Å². The molecule has 6 heteroatoms. The van der Waals surface area contributed by atoms with Crippen molar-refractivity contribution >= 4 is 28.2 Å². The average Bonchev–Trinajstić information content (AvgIpc) is 2.50. The third kappa shape index (κ3) is 3.66. The Bertz CT molecular complexity index is 710. The summed E-state index contributed by atoms with van der Waals surface area (Å²) < 4.78 is 0. The number of aromatic nitrogens is 2. The summed E-state index contributed by atoms with van der Waals surface area (Å²) in [4.78, 5) is 21.3. The van der Waals surface area contributed by atoms with E-state index in [0.717, 1.165) is 6.54 Å². The number of aromatic amines is 1. The summed E-state index contributed by atoms with van der Waals surface area (Å²) in [6, 6.07) is 7.29. The number of para-hydroxylation sites is 1. The van der Waals surface area contributed by atoms with Gasteiger partial charge in [0.15, 0.2) is 5.11 Å². The summed E-state index contributed by atoms with van der Waals surface area (Å²) in [5.41, 5.74) is 0.564. The number of hydrogen-bond acceptors (Lipinski definition) is 3. The Kier molecular flexibility index (Phi) is 5.05. The molecule has 5 nitrogen and oxygen atoms in total. The Morgan fingerprint density at radius 3 is 3.00 bits per heavy atom. The molecule has 0 aliphatic heterocycles. The average molecular weight is 302 g/mol. The highest BCUT2D eigenvalue weighted by Gasteiger charge is 2.10. The van der Waals surface area contributed by atoms with Gasteiger partial charge in [-0.1, -0.05) is 18.2 Å². The highest BCUT2D eigenvalue weighted by atomic mass is 32.1. The molecule has 0 saturated carbocycles. The third-order valence-corrected chi connectivity index (χ3v) is 3.47. The number of rotatable bonds is 5. The first-order valence-corrected chi connectivity index (χ1v) is 7.18. The molecule has 1 aromatic heterocycles. The second-order valence-electron chi connectivity index (χ2n) is 4.52. The standard InChI is InChI=1S/C15H18N4OS/c1-3-9-16-15(21)19(4-2)10-13-17-12-8-6-5-7-11(12)14(20)18-13/h3,5-8H,1,4,9-10H2,2H3,(H,16,21)(H,17,18,20). The van der Waals surface area contributed by atoms with Crippen molar-refractivity contribution in [3.05, 3.63) is 53.1 Å². The Hall–Kier alpha value is -2.21. The molecule has 21 heavy (non-hydrogen) atoms. The topological polar surface area (TPSA) is 61.0 Å². The first-order valence-electron chi connectivity index (χ1n) is 6.77. The van der Waals surface area contributed by atoms with E-state index in [4.69, 9.17) is 12.2 Å². The van der Waals surface area contributed by atoms with Crippen LogP contribution in [0, 0.1) is 0 Å². The van der Waals surface area contributed by atoms with Gasteiger partial charge in [-0.15, -0.1) is 6.58 Å². The zero-order valence-corrected chi connectivity index (χ0v) is 12.7. The van der Waals surface area contributed by atoms with Gasteiger partial charge in [-0.25, -0.2) is 4.98 Å². The molecule has 1 aromatic carbocycles. The normalized spacial score (nSPS) is 10.3. The van der Waals surface area contributed by atoms with Crippen LogP contribution in [-0.4, -0.2) is 33.1 Å². The molecule has 0 spiro atoms. The largest absolute Gasteiger partial charge is 0.359 e. The van der Waals surface area contributed by atoms with Crippen LogP contribution in [0.1, 0.15) is 12.7 Å². The molecule has 0 fully saturated rings. The molecule has 0 radical (unpaired) electrons. The number of fused-ring (bicyclic) bond motifs is 1. The van der Waals surface area contributed by atoms with Crippen molar-refractivity contribution in [3.8, 4) is 0 Å². The molecule has 2 N–H and O–H groups in total. The van der Waals surface area contributed by atoms with Crippen molar-refractivity contribution in [3.63, 3.8) is 0 Å². The first-order chi connectivity index (χ1) is 10.2. The Morgan fingerprint density at radius 2 is 2.29 bits per heavy atom. The Morgan fingerprint density at radius 1 is 1.52 bits per heavy atom. The second-order valence-corrected chi connectivity index (χ2v) is 4.91. The van der Waals surface area contributed by atoms with Crippen molar-refractivity contribution < 1.29 is 0 Å². The van der Waals surface area contributed by atoms with Gasteiger partial charge >= 0.3 is 0 Å². The maximum absolute atomic E-state index is 12.0. The SMILES string of the molecule is C=CCNC(=S)N(CC)Cc1nc2ccccc2c(=O)[nH]1. The van der Waals surface area contributed by atoms with Gasteiger partial charge in [-0.05, 0) is 31.3 Å². The van der Waals surface area contributed by atoms with Gasteiger partial charge in [0, 0.05) is 13.1 Å². The summed E-state index contributed by atoms with van der Waals surface area (Å²) in [6.45, 7) is 7.44. The minimum absolute atomic E-state index is 0.128. The Balaban J connectivity index is 2.23. The molecule has 0 saturated heterocycles. The van der Waals surface area contributed by atoms with E-state index in [2.05, 4.69) is 21.9 Å². The van der Waals surface area contributed by atoms with Gasteiger partial charge in [0.25, 0.3) is 5.56 Å². The molecule has 1 heterocycles. The Labute approximate surface area is 128 Å². The monoisotopic (exact) mass is 302 g/mol. The lowest BCUT2D eigenvalue weighted by Crippen LogP contribution is -2.39. The number of H-pyrrole nitrogens is 1. The van der Waals surface area contributed by atoms with Crippen LogP contribution in [0.2, 0.25) is 0 Å². The van der Waals surface area contributed by atoms with E-state index in [1.165, 1.54) is 0 Å². The van der Waals surface area contributed by atoms with E-state index in [-0.39, 0.29) is 5.56 Å². The van der Waals surface area contributed by atoms with E-state index >= 15 is 0 Å². The lowest BCUT2D eigenvalue weighted by Gasteiger charge is -2.23. The third-order valence-electron chi connectivity index (χ3n) is 3.07. The van der Waals surface area contributed by atoms with Crippen LogP contribution in [-0.2, 0) is 6.54 Å². The molecular formula is C15H18N4OS. The van der Waals surface area contributed by atoms with E-state index in [0.29, 0.717) is 34.9 Å². The number of hydrogen-bond donors (Lipinski definition) is 2. The predicted octanol–water partition coefficient (Wildman–Crippen LogP) is 1.81. The van der Waals surface area contributed by atoms with Crippen LogP contribution in [0.15, 0.2) is 41.7 Å². The fourth-order valence-corrected chi connectivity index (χ4v) is 2.27. The van der Waals surface area contributed by atoms with E-state index < -0.39 is 0 Å².